The van der Waals surface area contributed by atoms with Gasteiger partial charge in [-0.1, -0.05) is 19.1 Å². The van der Waals surface area contributed by atoms with Gasteiger partial charge in [0.15, 0.2) is 0 Å². The molecule has 2 heterocycles. The lowest BCUT2D eigenvalue weighted by Crippen LogP contribution is -2.34. The van der Waals surface area contributed by atoms with Crippen LogP contribution in [-0.4, -0.2) is 46.1 Å². The Labute approximate surface area is 165 Å². The van der Waals surface area contributed by atoms with Crippen LogP contribution in [0.15, 0.2) is 24.3 Å². The molecule has 1 saturated carbocycles. The van der Waals surface area contributed by atoms with E-state index in [1.807, 2.05) is 43.0 Å². The molecule has 2 N–H and O–H groups in total. The summed E-state index contributed by atoms with van der Waals surface area (Å²) >= 11 is 0. The van der Waals surface area contributed by atoms with Crippen LogP contribution in [0.3, 0.4) is 0 Å². The topological polar surface area (TPSA) is 87.3 Å². The normalized spacial score (nSPS) is 23.8. The van der Waals surface area contributed by atoms with E-state index in [-0.39, 0.29) is 18.2 Å². The zero-order valence-electron chi connectivity index (χ0n) is 16.9. The van der Waals surface area contributed by atoms with Gasteiger partial charge in [0.1, 0.15) is 5.82 Å². The number of ether oxygens (including phenoxy) is 1. The van der Waals surface area contributed by atoms with Gasteiger partial charge < -0.3 is 19.9 Å². The summed E-state index contributed by atoms with van der Waals surface area (Å²) in [7, 11) is 0. The first-order chi connectivity index (χ1) is 13.6. The van der Waals surface area contributed by atoms with Crippen LogP contribution < -0.4 is 5.32 Å². The van der Waals surface area contributed by atoms with E-state index in [0.29, 0.717) is 18.6 Å². The van der Waals surface area contributed by atoms with Crippen molar-refractivity contribution in [3.63, 3.8) is 0 Å². The molecule has 2 bridgehead atoms. The molecule has 28 heavy (non-hydrogen) atoms. The molecule has 4 unspecified atom stereocenters. The van der Waals surface area contributed by atoms with E-state index in [0.717, 1.165) is 42.5 Å². The summed E-state index contributed by atoms with van der Waals surface area (Å²) in [5.41, 5.74) is 2.04. The highest BCUT2D eigenvalue weighted by atomic mass is 16.5. The third kappa shape index (κ3) is 4.29. The summed E-state index contributed by atoms with van der Waals surface area (Å²) in [5.74, 6) is 1.54. The van der Waals surface area contributed by atoms with Crippen molar-refractivity contribution < 1.29 is 14.3 Å². The third-order valence-electron chi connectivity index (χ3n) is 5.70. The fourth-order valence-corrected chi connectivity index (χ4v) is 4.12. The van der Waals surface area contributed by atoms with Crippen LogP contribution in [0.5, 0.6) is 0 Å². The number of nitrogens with zero attached hydrogens (tertiary/aromatic N) is 2. The van der Waals surface area contributed by atoms with Crippen molar-refractivity contribution >= 4 is 23.5 Å². The standard InChI is InChI=1S/C14H15N3O.C7H15NO2/c18-8-17-10-6-5-9(7-10)13(17)14-15-11-3-1-2-4-12(11)16-14;1-4-6(3)8-7(9)10-5-2/h1-4,8-10,13H,5-7H2,(H,15,16);6H,4-5H2,1-3H3,(H,8,9). The molecule has 2 aliphatic rings. The van der Waals surface area contributed by atoms with Crippen LogP contribution in [0.2, 0.25) is 0 Å². The number of likely N-dealkylation sites (tertiary alicyclic amines) is 1. The Morgan fingerprint density at radius 2 is 2.18 bits per heavy atom. The minimum Gasteiger partial charge on any atom is -0.450 e. The maximum absolute atomic E-state index is 11.3. The van der Waals surface area contributed by atoms with Gasteiger partial charge in [0.25, 0.3) is 0 Å². The van der Waals surface area contributed by atoms with Gasteiger partial charge in [-0.25, -0.2) is 9.78 Å². The molecular weight excluding hydrogens is 356 g/mol. The Morgan fingerprint density at radius 3 is 2.86 bits per heavy atom. The minimum atomic E-state index is -0.322. The first-order valence-electron chi connectivity index (χ1n) is 10.2. The number of alkyl carbamates (subject to hydrolysis) is 1. The average molecular weight is 386 g/mol. The average Bonchev–Trinajstić information content (AvgIpc) is 3.41. The minimum absolute atomic E-state index is 0.161. The predicted octanol–water partition coefficient (Wildman–Crippen LogP) is 3.78. The number of H-pyrrole nitrogens is 1. The molecule has 1 aromatic heterocycles. The molecule has 2 fully saturated rings. The number of nitrogens with one attached hydrogen (secondary N) is 2. The monoisotopic (exact) mass is 386 g/mol. The Hall–Kier alpha value is -2.57. The molecule has 4 rings (SSSR count). The van der Waals surface area contributed by atoms with Crippen LogP contribution in [0, 0.1) is 5.92 Å². The van der Waals surface area contributed by atoms with E-state index >= 15 is 0 Å². The van der Waals surface area contributed by atoms with Gasteiger partial charge in [0.05, 0.1) is 23.7 Å². The Bertz CT molecular complexity index is 773. The quantitative estimate of drug-likeness (QED) is 0.766. The summed E-state index contributed by atoms with van der Waals surface area (Å²) in [5, 5.41) is 2.67. The molecule has 152 valence electrons. The number of benzene rings is 1. The van der Waals surface area contributed by atoms with Gasteiger partial charge >= 0.3 is 6.09 Å². The van der Waals surface area contributed by atoms with Crippen molar-refractivity contribution in [2.75, 3.05) is 6.61 Å². The first kappa shape index (κ1) is 20.2. The fourth-order valence-electron chi connectivity index (χ4n) is 4.12. The van der Waals surface area contributed by atoms with Crippen LogP contribution in [-0.2, 0) is 9.53 Å². The van der Waals surface area contributed by atoms with Gasteiger partial charge in [-0.2, -0.15) is 0 Å². The summed E-state index contributed by atoms with van der Waals surface area (Å²) in [4.78, 5) is 32.0. The zero-order valence-corrected chi connectivity index (χ0v) is 16.9. The SMILES string of the molecule is CCOC(=O)NC(C)CC.O=CN1C2CCC(C2)C1c1nc2ccccc2[nH]1. The summed E-state index contributed by atoms with van der Waals surface area (Å²) < 4.78 is 4.66. The van der Waals surface area contributed by atoms with Crippen LogP contribution in [0.25, 0.3) is 11.0 Å². The van der Waals surface area contributed by atoms with E-state index in [2.05, 4.69) is 20.0 Å². The molecule has 4 atom stereocenters. The number of rotatable bonds is 5. The summed E-state index contributed by atoms with van der Waals surface area (Å²) in [6.45, 7) is 6.17. The number of piperidine rings is 1. The molecule has 1 aromatic carbocycles. The lowest BCUT2D eigenvalue weighted by atomic mass is 9.98. The number of amides is 2. The molecule has 0 radical (unpaired) electrons. The number of carbonyl (C=O) groups is 2. The van der Waals surface area contributed by atoms with Crippen molar-refractivity contribution in [1.82, 2.24) is 20.2 Å². The molecule has 7 nitrogen and oxygen atoms in total. The number of aromatic nitrogens is 2. The number of hydrogen-bond donors (Lipinski definition) is 2. The lowest BCUT2D eigenvalue weighted by molar-refractivity contribution is -0.122. The largest absolute Gasteiger partial charge is 0.450 e. The summed E-state index contributed by atoms with van der Waals surface area (Å²) in [6, 6.07) is 8.84. The molecule has 0 spiro atoms. The first-order valence-corrected chi connectivity index (χ1v) is 10.2. The van der Waals surface area contributed by atoms with Gasteiger partial charge in [-0.05, 0) is 57.6 Å². The van der Waals surface area contributed by atoms with E-state index in [1.54, 1.807) is 6.92 Å². The number of fused-ring (bicyclic) bond motifs is 3. The van der Waals surface area contributed by atoms with Gasteiger partial charge in [-0.3, -0.25) is 4.79 Å². The lowest BCUT2D eigenvalue weighted by Gasteiger charge is -2.30. The number of imidazole rings is 1. The van der Waals surface area contributed by atoms with Crippen LogP contribution in [0.4, 0.5) is 4.79 Å². The molecule has 1 aliphatic heterocycles. The molecule has 1 saturated heterocycles. The fraction of sp³-hybridized carbons (Fsp3) is 0.571. The molecule has 2 aromatic rings. The number of carbonyl (C=O) groups excluding carboxylic acids is 2. The highest BCUT2D eigenvalue weighted by Gasteiger charge is 2.47. The van der Waals surface area contributed by atoms with Crippen molar-refractivity contribution in [1.29, 1.82) is 0 Å². The van der Waals surface area contributed by atoms with Gasteiger partial charge in [0.2, 0.25) is 6.41 Å². The van der Waals surface area contributed by atoms with E-state index in [4.69, 9.17) is 0 Å². The van der Waals surface area contributed by atoms with E-state index < -0.39 is 0 Å². The molecule has 1 aliphatic carbocycles. The van der Waals surface area contributed by atoms with Crippen molar-refractivity contribution in [3.05, 3.63) is 30.1 Å². The van der Waals surface area contributed by atoms with Crippen LogP contribution >= 0.6 is 0 Å². The van der Waals surface area contributed by atoms with Crippen molar-refractivity contribution in [2.24, 2.45) is 5.92 Å². The van der Waals surface area contributed by atoms with E-state index in [9.17, 15) is 9.59 Å². The molecular formula is C21H30N4O3. The molecule has 2 amide bonds. The zero-order chi connectivity index (χ0) is 20.1. The summed E-state index contributed by atoms with van der Waals surface area (Å²) in [6.07, 6.45) is 5.12. The highest BCUT2D eigenvalue weighted by molar-refractivity contribution is 5.75. The maximum Gasteiger partial charge on any atom is 0.407 e. The highest BCUT2D eigenvalue weighted by Crippen LogP contribution is 2.48. The van der Waals surface area contributed by atoms with Crippen LogP contribution in [0.1, 0.15) is 58.3 Å². The Morgan fingerprint density at radius 1 is 1.39 bits per heavy atom. The third-order valence-corrected chi connectivity index (χ3v) is 5.70. The number of para-hydroxylation sites is 2. The predicted molar refractivity (Wildman–Crippen MR) is 108 cm³/mol. The van der Waals surface area contributed by atoms with Gasteiger partial charge in [-0.15, -0.1) is 0 Å². The smallest absolute Gasteiger partial charge is 0.407 e. The second kappa shape index (κ2) is 9.08. The maximum atomic E-state index is 11.3. The second-order valence-electron chi connectivity index (χ2n) is 7.54. The number of aromatic amines is 1. The molecule has 7 heteroatoms. The van der Waals surface area contributed by atoms with Gasteiger partial charge in [0, 0.05) is 12.1 Å². The Balaban J connectivity index is 0.000000195. The van der Waals surface area contributed by atoms with E-state index in [1.165, 1.54) is 6.42 Å². The second-order valence-corrected chi connectivity index (χ2v) is 7.54. The Kier molecular flexibility index (Phi) is 6.54. The van der Waals surface area contributed by atoms with Crippen molar-refractivity contribution in [2.45, 2.75) is 64.6 Å². The number of hydrogen-bond acceptors (Lipinski definition) is 4. The van der Waals surface area contributed by atoms with Crippen molar-refractivity contribution in [3.8, 4) is 0 Å².